The van der Waals surface area contributed by atoms with Gasteiger partial charge in [-0.15, -0.1) is 0 Å². The summed E-state index contributed by atoms with van der Waals surface area (Å²) in [5.74, 6) is -1.30. The molecule has 278 valence electrons. The van der Waals surface area contributed by atoms with Crippen molar-refractivity contribution in [2.45, 2.75) is 38.8 Å². The molecule has 3 amide bonds. The number of halogens is 1. The van der Waals surface area contributed by atoms with E-state index in [1.54, 1.807) is 35.2 Å². The summed E-state index contributed by atoms with van der Waals surface area (Å²) in [5, 5.41) is 38.2. The van der Waals surface area contributed by atoms with Gasteiger partial charge in [-0.2, -0.15) is 0 Å². The van der Waals surface area contributed by atoms with Crippen LogP contribution in [0.3, 0.4) is 0 Å². The molecule has 0 radical (unpaired) electrons. The number of methoxy groups -OCH3 is 4. The standard InChI is InChI=1S/C35H40ClN5O11/c1-6-7-27(20-8-10-25(34(43)44)28(14-20)41(47)48)37-35(45)40-19-32(38-46)39(18-26-30(51-4)15-24(49-2)16-31(26)52-5)17-22(33(40)42)12-21-13-23(36)9-11-29(21)50-3/h8-11,13-16,22,27,46H,6-7,12,17-19H2,1-5H3,(H,37,45)(H,43,44)/t22-,27+/m0/s1. The lowest BCUT2D eigenvalue weighted by molar-refractivity contribution is -0.385. The van der Waals surface area contributed by atoms with Crippen LogP contribution in [0.1, 0.15) is 52.9 Å². The van der Waals surface area contributed by atoms with Gasteiger partial charge in [-0.3, -0.25) is 19.8 Å². The lowest BCUT2D eigenvalue weighted by Gasteiger charge is -2.27. The van der Waals surface area contributed by atoms with Crippen molar-refractivity contribution in [3.63, 3.8) is 0 Å². The van der Waals surface area contributed by atoms with Crippen molar-refractivity contribution in [2.75, 3.05) is 41.5 Å². The average molecular weight is 742 g/mol. The average Bonchev–Trinajstić information content (AvgIpc) is 3.26. The predicted molar refractivity (Wildman–Crippen MR) is 189 cm³/mol. The largest absolute Gasteiger partial charge is 0.496 e. The minimum Gasteiger partial charge on any atom is -0.496 e. The zero-order valence-electron chi connectivity index (χ0n) is 29.3. The molecule has 1 heterocycles. The molecule has 2 atom stereocenters. The highest BCUT2D eigenvalue weighted by Gasteiger charge is 2.39. The van der Waals surface area contributed by atoms with Crippen molar-refractivity contribution in [1.29, 1.82) is 0 Å². The zero-order chi connectivity index (χ0) is 38.1. The molecule has 1 fully saturated rings. The summed E-state index contributed by atoms with van der Waals surface area (Å²) in [4.78, 5) is 53.6. The van der Waals surface area contributed by atoms with Gasteiger partial charge in [0.25, 0.3) is 5.69 Å². The van der Waals surface area contributed by atoms with Crippen LogP contribution in [0.4, 0.5) is 10.5 Å². The number of nitro benzene ring substituents is 1. The molecule has 3 aromatic carbocycles. The van der Waals surface area contributed by atoms with E-state index < -0.39 is 52.6 Å². The predicted octanol–water partition coefficient (Wildman–Crippen LogP) is 5.52. The van der Waals surface area contributed by atoms with E-state index in [-0.39, 0.29) is 30.9 Å². The first-order valence-corrected chi connectivity index (χ1v) is 16.5. The topological polar surface area (TPSA) is 203 Å². The number of hydrogen-bond donors (Lipinski definition) is 3. The number of nitrogens with zero attached hydrogens (tertiary/aromatic N) is 4. The number of carboxylic acid groups (broad SMARTS) is 1. The number of carbonyl (C=O) groups excluding carboxylic acids is 2. The first-order valence-electron chi connectivity index (χ1n) is 16.1. The first kappa shape index (κ1) is 39.0. The van der Waals surface area contributed by atoms with Gasteiger partial charge in [0.1, 0.15) is 28.6 Å². The van der Waals surface area contributed by atoms with Gasteiger partial charge in [0.05, 0.1) is 64.0 Å². The second-order valence-electron chi connectivity index (χ2n) is 11.8. The van der Waals surface area contributed by atoms with Crippen molar-refractivity contribution in [3.8, 4) is 23.0 Å². The number of carboxylic acids is 1. The van der Waals surface area contributed by atoms with Crippen LogP contribution < -0.4 is 24.3 Å². The van der Waals surface area contributed by atoms with Crippen LogP contribution in [0.15, 0.2) is 53.7 Å². The molecule has 3 aromatic rings. The number of benzene rings is 3. The molecule has 0 aromatic heterocycles. The van der Waals surface area contributed by atoms with E-state index in [9.17, 15) is 34.8 Å². The van der Waals surface area contributed by atoms with Gasteiger partial charge >= 0.3 is 12.0 Å². The van der Waals surface area contributed by atoms with Gasteiger partial charge < -0.3 is 39.5 Å². The molecule has 1 aliphatic rings. The monoisotopic (exact) mass is 741 g/mol. The second kappa shape index (κ2) is 17.4. The molecular formula is C35H40ClN5O11. The number of rotatable bonds is 14. The van der Waals surface area contributed by atoms with Crippen LogP contribution in [-0.4, -0.2) is 90.3 Å². The number of amidine groups is 1. The zero-order valence-corrected chi connectivity index (χ0v) is 30.0. The Labute approximate surface area is 304 Å². The molecule has 0 spiro atoms. The maximum absolute atomic E-state index is 14.4. The number of carbonyl (C=O) groups is 3. The fourth-order valence-corrected chi connectivity index (χ4v) is 6.29. The Morgan fingerprint density at radius 1 is 1.04 bits per heavy atom. The van der Waals surface area contributed by atoms with E-state index in [0.717, 1.165) is 17.0 Å². The SMILES string of the molecule is CCC[C@@H](NC(=O)N1CC(=NO)N(Cc2c(OC)cc(OC)cc2OC)C[C@H](Cc2cc(Cl)ccc2OC)C1=O)c1ccc(C(=O)O)c([N+](=O)[O-])c1. The van der Waals surface area contributed by atoms with E-state index >= 15 is 0 Å². The Kier molecular flexibility index (Phi) is 13.1. The maximum atomic E-state index is 14.4. The Bertz CT molecular complexity index is 1830. The smallest absolute Gasteiger partial charge is 0.342 e. The summed E-state index contributed by atoms with van der Waals surface area (Å²) >= 11 is 6.32. The summed E-state index contributed by atoms with van der Waals surface area (Å²) < 4.78 is 22.2. The third kappa shape index (κ3) is 8.74. The number of amides is 3. The van der Waals surface area contributed by atoms with Crippen molar-refractivity contribution in [3.05, 3.63) is 85.9 Å². The van der Waals surface area contributed by atoms with E-state index in [0.29, 0.717) is 52.0 Å². The van der Waals surface area contributed by atoms with E-state index in [4.69, 9.17) is 30.5 Å². The van der Waals surface area contributed by atoms with Crippen molar-refractivity contribution in [1.82, 2.24) is 15.1 Å². The van der Waals surface area contributed by atoms with Crippen LogP contribution in [0, 0.1) is 16.0 Å². The Balaban J connectivity index is 1.77. The lowest BCUT2D eigenvalue weighted by Crippen LogP contribution is -2.48. The molecule has 1 saturated heterocycles. The highest BCUT2D eigenvalue weighted by molar-refractivity contribution is 6.30. The van der Waals surface area contributed by atoms with Gasteiger partial charge in [0.15, 0.2) is 5.84 Å². The number of ether oxygens (including phenoxy) is 4. The molecule has 0 aliphatic carbocycles. The number of oxime groups is 1. The summed E-state index contributed by atoms with van der Waals surface area (Å²) in [6.07, 6.45) is 0.886. The second-order valence-corrected chi connectivity index (χ2v) is 12.3. The minimum atomic E-state index is -1.47. The van der Waals surface area contributed by atoms with Crippen LogP contribution in [-0.2, 0) is 17.8 Å². The summed E-state index contributed by atoms with van der Waals surface area (Å²) in [6.45, 7) is 1.37. The molecule has 0 unspecified atom stereocenters. The third-order valence-corrected chi connectivity index (χ3v) is 8.92. The minimum absolute atomic E-state index is 0.0275. The van der Waals surface area contributed by atoms with Crippen molar-refractivity contribution in [2.24, 2.45) is 11.1 Å². The number of aromatic carboxylic acids is 1. The third-order valence-electron chi connectivity index (χ3n) is 8.68. The van der Waals surface area contributed by atoms with Crippen molar-refractivity contribution < 1.29 is 48.6 Å². The quantitative estimate of drug-likeness (QED) is 0.106. The molecule has 0 bridgehead atoms. The molecule has 3 N–H and O–H groups in total. The number of nitrogens with one attached hydrogen (secondary N) is 1. The molecule has 52 heavy (non-hydrogen) atoms. The van der Waals surface area contributed by atoms with Crippen LogP contribution >= 0.6 is 11.6 Å². The van der Waals surface area contributed by atoms with Gasteiger partial charge in [0.2, 0.25) is 5.91 Å². The number of nitro groups is 1. The highest BCUT2D eigenvalue weighted by Crippen LogP contribution is 2.36. The molecule has 1 aliphatic heterocycles. The first-order chi connectivity index (χ1) is 24.9. The Hall–Kier alpha value is -5.77. The summed E-state index contributed by atoms with van der Waals surface area (Å²) in [7, 11) is 5.92. The number of imide groups is 1. The number of hydrogen-bond acceptors (Lipinski definition) is 11. The van der Waals surface area contributed by atoms with E-state index in [2.05, 4.69) is 10.5 Å². The Morgan fingerprint density at radius 3 is 2.27 bits per heavy atom. The highest BCUT2D eigenvalue weighted by atomic mass is 35.5. The Morgan fingerprint density at radius 2 is 1.71 bits per heavy atom. The van der Waals surface area contributed by atoms with Gasteiger partial charge in [-0.05, 0) is 48.2 Å². The molecule has 17 heteroatoms. The fraction of sp³-hybridized carbons (Fsp3) is 0.371. The summed E-state index contributed by atoms with van der Waals surface area (Å²) in [5.41, 5.74) is 0.256. The van der Waals surface area contributed by atoms with Gasteiger partial charge in [0, 0.05) is 29.8 Å². The maximum Gasteiger partial charge on any atom is 0.342 e. The normalized spacial score (nSPS) is 15.8. The van der Waals surface area contributed by atoms with Crippen LogP contribution in [0.25, 0.3) is 0 Å². The van der Waals surface area contributed by atoms with E-state index in [1.165, 1.54) is 34.5 Å². The molecule has 16 nitrogen and oxygen atoms in total. The molecule has 0 saturated carbocycles. The molecule has 4 rings (SSSR count). The number of urea groups is 1. The van der Waals surface area contributed by atoms with Crippen LogP contribution in [0.5, 0.6) is 23.0 Å². The summed E-state index contributed by atoms with van der Waals surface area (Å²) in [6, 6.07) is 10.2. The lowest BCUT2D eigenvalue weighted by atomic mass is 9.96. The molecular weight excluding hydrogens is 702 g/mol. The van der Waals surface area contributed by atoms with Crippen LogP contribution in [0.2, 0.25) is 5.02 Å². The van der Waals surface area contributed by atoms with Gasteiger partial charge in [-0.25, -0.2) is 9.59 Å². The van der Waals surface area contributed by atoms with E-state index in [1.807, 2.05) is 6.92 Å². The van der Waals surface area contributed by atoms with Crippen molar-refractivity contribution >= 4 is 41.0 Å². The van der Waals surface area contributed by atoms with Gasteiger partial charge in [-0.1, -0.05) is 36.2 Å². The fourth-order valence-electron chi connectivity index (χ4n) is 6.10.